The first kappa shape index (κ1) is 21.9. The molecule has 0 bridgehead atoms. The predicted octanol–water partition coefficient (Wildman–Crippen LogP) is 7.66. The van der Waals surface area contributed by atoms with Gasteiger partial charge in [-0.3, -0.25) is 4.98 Å². The minimum absolute atomic E-state index is 0.286. The number of para-hydroxylation sites is 2. The molecule has 0 saturated heterocycles. The first-order valence-electron chi connectivity index (χ1n) is 12.3. The molecular weight excluding hydrogens is 446 g/mol. The summed E-state index contributed by atoms with van der Waals surface area (Å²) in [5, 5.41) is 9.97. The molecule has 0 saturated carbocycles. The molecule has 3 aliphatic rings. The Labute approximate surface area is 211 Å². The van der Waals surface area contributed by atoms with E-state index in [-0.39, 0.29) is 5.92 Å². The van der Waals surface area contributed by atoms with Crippen LogP contribution in [0.15, 0.2) is 102 Å². The molecule has 0 spiro atoms. The van der Waals surface area contributed by atoms with E-state index in [1.165, 1.54) is 21.8 Å². The molecule has 4 heteroatoms. The Morgan fingerprint density at radius 3 is 2.66 bits per heavy atom. The highest BCUT2D eigenvalue weighted by atomic mass is 32.2. The predicted molar refractivity (Wildman–Crippen MR) is 145 cm³/mol. The van der Waals surface area contributed by atoms with Crippen molar-refractivity contribution in [3.63, 3.8) is 0 Å². The van der Waals surface area contributed by atoms with Crippen LogP contribution in [0.4, 0.5) is 11.4 Å². The fraction of sp³-hybridized carbons (Fsp3) is 0.226. The van der Waals surface area contributed by atoms with E-state index in [9.17, 15) is 5.26 Å². The summed E-state index contributed by atoms with van der Waals surface area (Å²) in [5.41, 5.74) is 6.64. The molecule has 0 amide bonds. The van der Waals surface area contributed by atoms with Crippen LogP contribution in [-0.2, 0) is 0 Å². The van der Waals surface area contributed by atoms with Gasteiger partial charge in [0, 0.05) is 39.7 Å². The highest BCUT2D eigenvalue weighted by Crippen LogP contribution is 2.50. The second kappa shape index (κ2) is 9.24. The lowest BCUT2D eigenvalue weighted by atomic mass is 9.85. The summed E-state index contributed by atoms with van der Waals surface area (Å²) in [7, 11) is 0. The van der Waals surface area contributed by atoms with E-state index in [4.69, 9.17) is 0 Å². The van der Waals surface area contributed by atoms with Crippen LogP contribution in [0.3, 0.4) is 0 Å². The van der Waals surface area contributed by atoms with Gasteiger partial charge >= 0.3 is 0 Å². The number of allylic oxidation sites excluding steroid dienone is 5. The third-order valence-electron chi connectivity index (χ3n) is 7.29. The monoisotopic (exact) mass is 473 g/mol. The summed E-state index contributed by atoms with van der Waals surface area (Å²) >= 11 is 2.00. The number of aromatic nitrogens is 1. The molecule has 172 valence electrons. The van der Waals surface area contributed by atoms with E-state index in [0.717, 1.165) is 24.0 Å². The van der Waals surface area contributed by atoms with Crippen LogP contribution in [-0.4, -0.2) is 16.3 Å². The van der Waals surface area contributed by atoms with Crippen LogP contribution in [0.1, 0.15) is 42.4 Å². The molecule has 1 aliphatic heterocycles. The van der Waals surface area contributed by atoms with Gasteiger partial charge in [-0.15, -0.1) is 11.8 Å². The number of hydrogen-bond acceptors (Lipinski definition) is 4. The normalized spacial score (nSPS) is 24.8. The van der Waals surface area contributed by atoms with Crippen molar-refractivity contribution in [1.82, 2.24) is 4.98 Å². The minimum Gasteiger partial charge on any atom is -0.336 e. The standard InChI is InChI=1S/C31H27N3S/c1-21-10-15-31-29(18-21)34(28-8-4-5-9-30(28)35-31)27-7-3-2-6-25(27)22-11-13-23(14-12-22)26-20-33-17-16-24(26)19-32/h2-11,13-17,20-22,29,31H,12,18H2,1H3. The van der Waals surface area contributed by atoms with Gasteiger partial charge in [-0.05, 0) is 54.2 Å². The van der Waals surface area contributed by atoms with E-state index in [0.29, 0.717) is 22.8 Å². The Morgan fingerprint density at radius 2 is 1.83 bits per heavy atom. The first-order valence-corrected chi connectivity index (χ1v) is 13.2. The van der Waals surface area contributed by atoms with Crippen molar-refractivity contribution in [3.8, 4) is 6.07 Å². The van der Waals surface area contributed by atoms with Gasteiger partial charge in [0.1, 0.15) is 0 Å². The van der Waals surface area contributed by atoms with Gasteiger partial charge < -0.3 is 4.90 Å². The molecular formula is C31H27N3S. The molecule has 2 heterocycles. The van der Waals surface area contributed by atoms with Gasteiger partial charge in [-0.2, -0.15) is 5.26 Å². The fourth-order valence-corrected chi connectivity index (χ4v) is 6.87. The highest BCUT2D eigenvalue weighted by Gasteiger charge is 2.38. The van der Waals surface area contributed by atoms with Crippen molar-refractivity contribution in [1.29, 1.82) is 5.26 Å². The molecule has 4 unspecified atom stereocenters. The molecule has 0 N–H and O–H groups in total. The second-order valence-corrected chi connectivity index (χ2v) is 10.8. The zero-order valence-electron chi connectivity index (χ0n) is 19.7. The smallest absolute Gasteiger partial charge is 0.0999 e. The zero-order valence-corrected chi connectivity index (χ0v) is 20.5. The van der Waals surface area contributed by atoms with Crippen molar-refractivity contribution in [2.45, 2.75) is 41.9 Å². The Balaban J connectivity index is 1.38. The highest BCUT2D eigenvalue weighted by molar-refractivity contribution is 8.00. The number of fused-ring (bicyclic) bond motifs is 2. The molecule has 35 heavy (non-hydrogen) atoms. The molecule has 3 nitrogen and oxygen atoms in total. The number of rotatable bonds is 3. The van der Waals surface area contributed by atoms with Gasteiger partial charge in [0.15, 0.2) is 0 Å². The van der Waals surface area contributed by atoms with Crippen molar-refractivity contribution in [3.05, 3.63) is 114 Å². The zero-order chi connectivity index (χ0) is 23.8. The topological polar surface area (TPSA) is 39.9 Å². The summed E-state index contributed by atoms with van der Waals surface area (Å²) in [5.74, 6) is 0.861. The van der Waals surface area contributed by atoms with Crippen LogP contribution < -0.4 is 4.90 Å². The lowest BCUT2D eigenvalue weighted by Crippen LogP contribution is -2.44. The average molecular weight is 474 g/mol. The Morgan fingerprint density at radius 1 is 1.00 bits per heavy atom. The number of nitrogens with zero attached hydrogens (tertiary/aromatic N) is 3. The average Bonchev–Trinajstić information content (AvgIpc) is 2.92. The maximum Gasteiger partial charge on any atom is 0.0999 e. The SMILES string of the molecule is CC1C=CC2Sc3ccccc3N(c3ccccc3C3C=CC(c4cnccc4C#N)=CC3)C2C1. The van der Waals surface area contributed by atoms with Crippen LogP contribution in [0.25, 0.3) is 5.57 Å². The van der Waals surface area contributed by atoms with E-state index >= 15 is 0 Å². The third-order valence-corrected chi connectivity index (χ3v) is 8.63. The Hall–Kier alpha value is -3.55. The first-order chi connectivity index (χ1) is 17.2. The molecule has 1 aromatic heterocycles. The van der Waals surface area contributed by atoms with Crippen LogP contribution in [0.2, 0.25) is 0 Å². The molecule has 6 rings (SSSR count). The van der Waals surface area contributed by atoms with Crippen LogP contribution in [0, 0.1) is 17.2 Å². The summed E-state index contributed by atoms with van der Waals surface area (Å²) in [6, 6.07) is 22.3. The fourth-order valence-electron chi connectivity index (χ4n) is 5.57. The van der Waals surface area contributed by atoms with E-state index in [1.807, 2.05) is 11.8 Å². The maximum atomic E-state index is 9.51. The van der Waals surface area contributed by atoms with Gasteiger partial charge in [-0.1, -0.05) is 67.6 Å². The molecule has 0 radical (unpaired) electrons. The summed E-state index contributed by atoms with van der Waals surface area (Å²) in [6.07, 6.45) is 17.1. The quantitative estimate of drug-likeness (QED) is 0.366. The Bertz CT molecular complexity index is 1400. The van der Waals surface area contributed by atoms with Crippen LogP contribution in [0.5, 0.6) is 0 Å². The minimum atomic E-state index is 0.286. The molecule has 2 aliphatic carbocycles. The van der Waals surface area contributed by atoms with Gasteiger partial charge in [0.2, 0.25) is 0 Å². The second-order valence-electron chi connectivity index (χ2n) is 9.54. The van der Waals surface area contributed by atoms with E-state index in [2.05, 4.69) is 102 Å². The molecule has 2 aromatic carbocycles. The van der Waals surface area contributed by atoms with Crippen molar-refractivity contribution in [2.24, 2.45) is 5.92 Å². The van der Waals surface area contributed by atoms with E-state index in [1.54, 1.807) is 18.5 Å². The number of benzene rings is 2. The number of pyridine rings is 1. The van der Waals surface area contributed by atoms with Crippen molar-refractivity contribution < 1.29 is 0 Å². The van der Waals surface area contributed by atoms with Crippen molar-refractivity contribution in [2.75, 3.05) is 4.90 Å². The van der Waals surface area contributed by atoms with Gasteiger partial charge in [-0.25, -0.2) is 0 Å². The van der Waals surface area contributed by atoms with Gasteiger partial charge in [0.05, 0.1) is 23.4 Å². The van der Waals surface area contributed by atoms with Gasteiger partial charge in [0.25, 0.3) is 0 Å². The van der Waals surface area contributed by atoms with E-state index < -0.39 is 0 Å². The number of nitriles is 1. The largest absolute Gasteiger partial charge is 0.336 e. The van der Waals surface area contributed by atoms with Crippen LogP contribution >= 0.6 is 11.8 Å². The molecule has 3 aromatic rings. The lowest BCUT2D eigenvalue weighted by Gasteiger charge is -2.46. The lowest BCUT2D eigenvalue weighted by molar-refractivity contribution is 0.503. The summed E-state index contributed by atoms with van der Waals surface area (Å²) in [4.78, 5) is 8.22. The Kier molecular flexibility index (Phi) is 5.80. The number of hydrogen-bond donors (Lipinski definition) is 0. The number of anilines is 2. The molecule has 0 fully saturated rings. The third kappa shape index (κ3) is 4.00. The summed E-state index contributed by atoms with van der Waals surface area (Å²) < 4.78 is 0. The number of thioether (sulfide) groups is 1. The maximum absolute atomic E-state index is 9.51. The molecule has 4 atom stereocenters. The van der Waals surface area contributed by atoms with Crippen molar-refractivity contribution >= 4 is 28.7 Å². The summed E-state index contributed by atoms with van der Waals surface area (Å²) in [6.45, 7) is 2.33.